The Bertz CT molecular complexity index is 1070. The average Bonchev–Trinajstić information content (AvgIpc) is 3.10. The highest BCUT2D eigenvalue weighted by Gasteiger charge is 2.09. The maximum absolute atomic E-state index is 12.1. The summed E-state index contributed by atoms with van der Waals surface area (Å²) in [5.41, 5.74) is 1.55. The standard InChI is InChI=1S/C20H13Cl2IN2O2S/c21-12-5-8-14(15(22)11-12)18-9-6-13(27-18)7-10-19(26)25-20(28)24-17-4-2-1-3-16(17)23/h1-11H,(H2,24,25,26,28)/b10-7+. The maximum Gasteiger partial charge on any atom is 0.250 e. The Morgan fingerprint density at radius 1 is 1.11 bits per heavy atom. The van der Waals surface area contributed by atoms with E-state index in [4.69, 9.17) is 39.8 Å². The molecule has 1 amide bonds. The number of amides is 1. The number of thiocarbonyl (C=S) groups is 1. The Morgan fingerprint density at radius 2 is 1.89 bits per heavy atom. The van der Waals surface area contributed by atoms with Crippen LogP contribution in [0.2, 0.25) is 10.0 Å². The maximum atomic E-state index is 12.1. The number of carbonyl (C=O) groups excluding carboxylic acids is 1. The van der Waals surface area contributed by atoms with Gasteiger partial charge in [-0.3, -0.25) is 10.1 Å². The first-order valence-corrected chi connectivity index (χ1v) is 10.3. The summed E-state index contributed by atoms with van der Waals surface area (Å²) in [5.74, 6) is 0.719. The molecule has 0 aliphatic heterocycles. The number of carbonyl (C=O) groups is 1. The van der Waals surface area contributed by atoms with Crippen LogP contribution < -0.4 is 10.6 Å². The van der Waals surface area contributed by atoms with Crippen LogP contribution in [0, 0.1) is 3.57 Å². The van der Waals surface area contributed by atoms with Crippen molar-refractivity contribution in [2.45, 2.75) is 0 Å². The van der Waals surface area contributed by atoms with Gasteiger partial charge in [0, 0.05) is 20.2 Å². The van der Waals surface area contributed by atoms with Crippen molar-refractivity contribution in [3.05, 3.63) is 80.0 Å². The SMILES string of the molecule is O=C(/C=C/c1ccc(-c2ccc(Cl)cc2Cl)o1)NC(=S)Nc1ccccc1I. The van der Waals surface area contributed by atoms with Gasteiger partial charge in [-0.05, 0) is 83.3 Å². The average molecular weight is 543 g/mol. The molecule has 0 aliphatic rings. The van der Waals surface area contributed by atoms with E-state index >= 15 is 0 Å². The number of halogens is 3. The van der Waals surface area contributed by atoms with Crippen molar-refractivity contribution in [2.75, 3.05) is 5.32 Å². The zero-order valence-electron chi connectivity index (χ0n) is 14.2. The Morgan fingerprint density at radius 3 is 2.64 bits per heavy atom. The monoisotopic (exact) mass is 542 g/mol. The summed E-state index contributed by atoms with van der Waals surface area (Å²) in [6, 6.07) is 16.3. The van der Waals surface area contributed by atoms with E-state index in [1.54, 1.807) is 36.4 Å². The molecule has 0 fully saturated rings. The molecule has 0 atom stereocenters. The van der Waals surface area contributed by atoms with Gasteiger partial charge in [-0.15, -0.1) is 0 Å². The molecule has 0 bridgehead atoms. The molecular formula is C20H13Cl2IN2O2S. The van der Waals surface area contributed by atoms with Crippen LogP contribution in [-0.2, 0) is 4.79 Å². The minimum Gasteiger partial charge on any atom is -0.457 e. The molecule has 4 nitrogen and oxygen atoms in total. The van der Waals surface area contributed by atoms with Gasteiger partial charge in [0.05, 0.1) is 10.7 Å². The molecule has 0 spiro atoms. The topological polar surface area (TPSA) is 54.3 Å². The Balaban J connectivity index is 1.61. The lowest BCUT2D eigenvalue weighted by atomic mass is 10.2. The van der Waals surface area contributed by atoms with E-state index in [9.17, 15) is 4.79 Å². The summed E-state index contributed by atoms with van der Waals surface area (Å²) in [6.07, 6.45) is 2.90. The van der Waals surface area contributed by atoms with Crippen LogP contribution in [0.3, 0.4) is 0 Å². The van der Waals surface area contributed by atoms with E-state index in [-0.39, 0.29) is 11.0 Å². The number of furan rings is 1. The zero-order valence-corrected chi connectivity index (χ0v) is 18.7. The van der Waals surface area contributed by atoms with Crippen LogP contribution in [0.5, 0.6) is 0 Å². The predicted molar refractivity (Wildman–Crippen MR) is 127 cm³/mol. The van der Waals surface area contributed by atoms with E-state index in [2.05, 4.69) is 33.2 Å². The van der Waals surface area contributed by atoms with Crippen molar-refractivity contribution in [3.8, 4) is 11.3 Å². The third-order valence-corrected chi connectivity index (χ3v) is 5.27. The highest BCUT2D eigenvalue weighted by atomic mass is 127. The first kappa shape index (κ1) is 20.9. The second-order valence-corrected chi connectivity index (χ2v) is 8.00. The van der Waals surface area contributed by atoms with Crippen LogP contribution >= 0.6 is 58.0 Å². The van der Waals surface area contributed by atoms with E-state index < -0.39 is 0 Å². The van der Waals surface area contributed by atoms with Gasteiger partial charge in [-0.2, -0.15) is 0 Å². The number of para-hydroxylation sites is 1. The summed E-state index contributed by atoms with van der Waals surface area (Å²) < 4.78 is 6.71. The molecule has 0 radical (unpaired) electrons. The van der Waals surface area contributed by atoms with Crippen LogP contribution in [-0.4, -0.2) is 11.0 Å². The third-order valence-electron chi connectivity index (χ3n) is 3.58. The fraction of sp³-hybridized carbons (Fsp3) is 0. The molecule has 142 valence electrons. The molecule has 8 heteroatoms. The van der Waals surface area contributed by atoms with Crippen LogP contribution in [0.1, 0.15) is 5.76 Å². The first-order chi connectivity index (χ1) is 13.4. The van der Waals surface area contributed by atoms with Crippen molar-refractivity contribution >= 4 is 80.8 Å². The normalized spacial score (nSPS) is 10.8. The van der Waals surface area contributed by atoms with Gasteiger partial charge < -0.3 is 9.73 Å². The highest BCUT2D eigenvalue weighted by Crippen LogP contribution is 2.31. The second-order valence-electron chi connectivity index (χ2n) is 5.58. The molecule has 0 aliphatic carbocycles. The third kappa shape index (κ3) is 5.57. The molecule has 3 aromatic rings. The van der Waals surface area contributed by atoms with Crippen LogP contribution in [0.25, 0.3) is 17.4 Å². The number of anilines is 1. The van der Waals surface area contributed by atoms with E-state index in [0.717, 1.165) is 14.8 Å². The van der Waals surface area contributed by atoms with Gasteiger partial charge >= 0.3 is 0 Å². The fourth-order valence-electron chi connectivity index (χ4n) is 2.30. The summed E-state index contributed by atoms with van der Waals surface area (Å²) in [5, 5.41) is 6.83. The molecular weight excluding hydrogens is 530 g/mol. The highest BCUT2D eigenvalue weighted by molar-refractivity contribution is 14.1. The first-order valence-electron chi connectivity index (χ1n) is 8.02. The molecule has 0 saturated heterocycles. The van der Waals surface area contributed by atoms with Gasteiger partial charge in [0.15, 0.2) is 5.11 Å². The molecule has 2 aromatic carbocycles. The van der Waals surface area contributed by atoms with E-state index in [1.165, 1.54) is 6.08 Å². The van der Waals surface area contributed by atoms with Crippen molar-refractivity contribution in [1.82, 2.24) is 5.32 Å². The van der Waals surface area contributed by atoms with Gasteiger partial charge in [0.1, 0.15) is 11.5 Å². The molecule has 0 saturated carbocycles. The summed E-state index contributed by atoms with van der Waals surface area (Å²) in [6.45, 7) is 0. The lowest BCUT2D eigenvalue weighted by molar-refractivity contribution is -0.115. The Labute approximate surface area is 191 Å². The Kier molecular flexibility index (Phi) is 7.12. The van der Waals surface area contributed by atoms with Crippen molar-refractivity contribution in [2.24, 2.45) is 0 Å². The summed E-state index contributed by atoms with van der Waals surface area (Å²) in [4.78, 5) is 12.1. The van der Waals surface area contributed by atoms with Crippen molar-refractivity contribution in [3.63, 3.8) is 0 Å². The van der Waals surface area contributed by atoms with Gasteiger partial charge in [-0.25, -0.2) is 0 Å². The zero-order chi connectivity index (χ0) is 20.1. The lowest BCUT2D eigenvalue weighted by Crippen LogP contribution is -2.33. The molecule has 1 aromatic heterocycles. The van der Waals surface area contributed by atoms with Gasteiger partial charge in [-0.1, -0.05) is 35.3 Å². The van der Waals surface area contributed by atoms with Crippen molar-refractivity contribution in [1.29, 1.82) is 0 Å². The number of hydrogen-bond acceptors (Lipinski definition) is 3. The van der Waals surface area contributed by atoms with E-state index in [0.29, 0.717) is 21.6 Å². The quantitative estimate of drug-likeness (QED) is 0.228. The Hall–Kier alpha value is -1.87. The van der Waals surface area contributed by atoms with Gasteiger partial charge in [0.25, 0.3) is 0 Å². The second kappa shape index (κ2) is 9.56. The largest absolute Gasteiger partial charge is 0.457 e. The molecule has 3 rings (SSSR count). The number of nitrogens with one attached hydrogen (secondary N) is 2. The van der Waals surface area contributed by atoms with Crippen molar-refractivity contribution < 1.29 is 9.21 Å². The van der Waals surface area contributed by atoms with Crippen LogP contribution in [0.4, 0.5) is 5.69 Å². The lowest BCUT2D eigenvalue weighted by Gasteiger charge is -2.09. The summed E-state index contributed by atoms with van der Waals surface area (Å²) in [7, 11) is 0. The smallest absolute Gasteiger partial charge is 0.250 e. The number of benzene rings is 2. The molecule has 28 heavy (non-hydrogen) atoms. The van der Waals surface area contributed by atoms with Gasteiger partial charge in [0.2, 0.25) is 5.91 Å². The molecule has 1 heterocycles. The summed E-state index contributed by atoms with van der Waals surface area (Å²) >= 11 is 19.4. The molecule has 2 N–H and O–H groups in total. The minimum absolute atomic E-state index is 0.215. The molecule has 0 unspecified atom stereocenters. The van der Waals surface area contributed by atoms with E-state index in [1.807, 2.05) is 24.3 Å². The van der Waals surface area contributed by atoms with Crippen LogP contribution in [0.15, 0.2) is 65.1 Å². The predicted octanol–water partition coefficient (Wildman–Crippen LogP) is 6.38. The fourth-order valence-corrected chi connectivity index (χ4v) is 3.54. The number of hydrogen-bond donors (Lipinski definition) is 2. The number of rotatable bonds is 4. The minimum atomic E-state index is -0.370.